The molecule has 2 aromatic heterocycles. The zero-order valence-corrected chi connectivity index (χ0v) is 13.1. The molecule has 0 aromatic carbocycles. The van der Waals surface area contributed by atoms with Gasteiger partial charge in [0.25, 0.3) is 0 Å². The predicted molar refractivity (Wildman–Crippen MR) is 83.9 cm³/mol. The van der Waals surface area contributed by atoms with Crippen LogP contribution in [-0.2, 0) is 20.0 Å². The number of nitrogens with one attached hydrogen (secondary N) is 1. The van der Waals surface area contributed by atoms with Crippen LogP contribution in [0.5, 0.6) is 0 Å². The SMILES string of the molecule is CCCc1nc(NN)c(C)c(N(C)Cc2cnn(C)c2)n1. The summed E-state index contributed by atoms with van der Waals surface area (Å²) in [6.45, 7) is 4.82. The summed E-state index contributed by atoms with van der Waals surface area (Å²) < 4.78 is 1.80. The van der Waals surface area contributed by atoms with E-state index in [4.69, 9.17) is 5.84 Å². The average Bonchev–Trinajstić information content (AvgIpc) is 2.86. The van der Waals surface area contributed by atoms with E-state index in [0.29, 0.717) is 5.82 Å². The lowest BCUT2D eigenvalue weighted by atomic mass is 10.2. The van der Waals surface area contributed by atoms with Crippen LogP contribution in [0.1, 0.15) is 30.3 Å². The van der Waals surface area contributed by atoms with Gasteiger partial charge in [0.15, 0.2) is 0 Å². The largest absolute Gasteiger partial charge is 0.355 e. The van der Waals surface area contributed by atoms with Crippen molar-refractivity contribution >= 4 is 11.6 Å². The Kier molecular flexibility index (Phi) is 4.74. The van der Waals surface area contributed by atoms with E-state index in [2.05, 4.69) is 32.3 Å². The van der Waals surface area contributed by atoms with Crippen molar-refractivity contribution in [1.82, 2.24) is 19.7 Å². The van der Waals surface area contributed by atoms with Crippen LogP contribution in [0, 0.1) is 6.92 Å². The maximum atomic E-state index is 5.57. The Morgan fingerprint density at radius 3 is 2.71 bits per heavy atom. The molecule has 3 N–H and O–H groups in total. The molecular weight excluding hydrogens is 266 g/mol. The fraction of sp³-hybridized carbons (Fsp3) is 0.500. The van der Waals surface area contributed by atoms with Gasteiger partial charge in [0.1, 0.15) is 17.5 Å². The first-order valence-corrected chi connectivity index (χ1v) is 7.08. The summed E-state index contributed by atoms with van der Waals surface area (Å²) >= 11 is 0. The number of nitrogen functional groups attached to an aromatic ring is 1. The van der Waals surface area contributed by atoms with E-state index in [1.165, 1.54) is 0 Å². The van der Waals surface area contributed by atoms with Gasteiger partial charge >= 0.3 is 0 Å². The molecule has 0 spiro atoms. The summed E-state index contributed by atoms with van der Waals surface area (Å²) in [6.07, 6.45) is 5.70. The summed E-state index contributed by atoms with van der Waals surface area (Å²) in [5.74, 6) is 7.95. The Labute approximate surface area is 125 Å². The maximum absolute atomic E-state index is 5.57. The molecule has 0 aliphatic heterocycles. The Morgan fingerprint density at radius 1 is 1.38 bits per heavy atom. The lowest BCUT2D eigenvalue weighted by Gasteiger charge is -2.21. The molecule has 0 saturated carbocycles. The maximum Gasteiger partial charge on any atom is 0.148 e. The molecule has 2 aromatic rings. The highest BCUT2D eigenvalue weighted by molar-refractivity contribution is 5.58. The quantitative estimate of drug-likeness (QED) is 0.617. The molecule has 0 fully saturated rings. The second-order valence-corrected chi connectivity index (χ2v) is 5.21. The normalized spacial score (nSPS) is 10.7. The van der Waals surface area contributed by atoms with Crippen LogP contribution in [0.15, 0.2) is 12.4 Å². The van der Waals surface area contributed by atoms with E-state index in [0.717, 1.165) is 42.2 Å². The summed E-state index contributed by atoms with van der Waals surface area (Å²) in [4.78, 5) is 11.2. The van der Waals surface area contributed by atoms with Crippen molar-refractivity contribution < 1.29 is 0 Å². The molecule has 21 heavy (non-hydrogen) atoms. The van der Waals surface area contributed by atoms with Crippen LogP contribution >= 0.6 is 0 Å². The van der Waals surface area contributed by atoms with Crippen LogP contribution in [0.4, 0.5) is 11.6 Å². The first-order chi connectivity index (χ1) is 10.0. The third-order valence-corrected chi connectivity index (χ3v) is 3.32. The molecule has 7 heteroatoms. The number of nitrogens with zero attached hydrogens (tertiary/aromatic N) is 5. The number of hydrazine groups is 1. The van der Waals surface area contributed by atoms with Gasteiger partial charge < -0.3 is 10.3 Å². The number of aromatic nitrogens is 4. The van der Waals surface area contributed by atoms with E-state index in [-0.39, 0.29) is 0 Å². The molecule has 0 aliphatic rings. The lowest BCUT2D eigenvalue weighted by Crippen LogP contribution is -2.22. The molecule has 2 rings (SSSR count). The van der Waals surface area contributed by atoms with Crippen LogP contribution in [0.25, 0.3) is 0 Å². The number of hydrogen-bond donors (Lipinski definition) is 2. The van der Waals surface area contributed by atoms with Crippen LogP contribution in [0.2, 0.25) is 0 Å². The second kappa shape index (κ2) is 6.53. The molecule has 0 bridgehead atoms. The standard InChI is InChI=1S/C14H23N7/c1-5-6-12-17-13(19-15)10(2)14(18-12)20(3)8-11-7-16-21(4)9-11/h7,9H,5-6,8,15H2,1-4H3,(H,17,18,19). The fourth-order valence-corrected chi connectivity index (χ4v) is 2.30. The Morgan fingerprint density at radius 2 is 2.14 bits per heavy atom. The van der Waals surface area contributed by atoms with E-state index in [1.54, 1.807) is 4.68 Å². The number of anilines is 2. The van der Waals surface area contributed by atoms with Gasteiger partial charge in [-0.05, 0) is 13.3 Å². The highest BCUT2D eigenvalue weighted by atomic mass is 15.3. The minimum Gasteiger partial charge on any atom is -0.355 e. The van der Waals surface area contributed by atoms with Gasteiger partial charge in [-0.2, -0.15) is 5.10 Å². The second-order valence-electron chi connectivity index (χ2n) is 5.21. The number of rotatable bonds is 6. The fourth-order valence-electron chi connectivity index (χ4n) is 2.30. The van der Waals surface area contributed by atoms with Crippen molar-refractivity contribution in [3.63, 3.8) is 0 Å². The van der Waals surface area contributed by atoms with Gasteiger partial charge in [-0.1, -0.05) is 6.92 Å². The van der Waals surface area contributed by atoms with E-state index < -0.39 is 0 Å². The Bertz CT molecular complexity index is 605. The van der Waals surface area contributed by atoms with Gasteiger partial charge in [0.05, 0.1) is 6.20 Å². The summed E-state index contributed by atoms with van der Waals surface area (Å²) in [5, 5.41) is 4.19. The number of hydrogen-bond acceptors (Lipinski definition) is 6. The zero-order chi connectivity index (χ0) is 15.4. The van der Waals surface area contributed by atoms with Gasteiger partial charge in [-0.3, -0.25) is 4.68 Å². The van der Waals surface area contributed by atoms with Crippen LogP contribution < -0.4 is 16.2 Å². The molecule has 0 radical (unpaired) electrons. The van der Waals surface area contributed by atoms with Crippen LogP contribution in [0.3, 0.4) is 0 Å². The van der Waals surface area contributed by atoms with Crippen molar-refractivity contribution in [2.24, 2.45) is 12.9 Å². The van der Waals surface area contributed by atoms with Crippen molar-refractivity contribution in [1.29, 1.82) is 0 Å². The van der Waals surface area contributed by atoms with E-state index >= 15 is 0 Å². The molecule has 0 unspecified atom stereocenters. The molecule has 2 heterocycles. The zero-order valence-electron chi connectivity index (χ0n) is 13.1. The predicted octanol–water partition coefficient (Wildman–Crippen LogP) is 1.39. The molecule has 7 nitrogen and oxygen atoms in total. The van der Waals surface area contributed by atoms with Crippen molar-refractivity contribution in [2.75, 3.05) is 17.4 Å². The molecule has 0 amide bonds. The first-order valence-electron chi connectivity index (χ1n) is 7.08. The smallest absolute Gasteiger partial charge is 0.148 e. The van der Waals surface area contributed by atoms with Gasteiger partial charge in [0.2, 0.25) is 0 Å². The van der Waals surface area contributed by atoms with Crippen molar-refractivity contribution in [3.8, 4) is 0 Å². The Balaban J connectivity index is 2.29. The molecule has 0 aliphatic carbocycles. The van der Waals surface area contributed by atoms with Crippen molar-refractivity contribution in [3.05, 3.63) is 29.3 Å². The topological polar surface area (TPSA) is 84.9 Å². The van der Waals surface area contributed by atoms with E-state index in [9.17, 15) is 0 Å². The Hall–Kier alpha value is -2.15. The lowest BCUT2D eigenvalue weighted by molar-refractivity contribution is 0.765. The first kappa shape index (κ1) is 15.2. The van der Waals surface area contributed by atoms with Gasteiger partial charge in [-0.25, -0.2) is 15.8 Å². The van der Waals surface area contributed by atoms with Gasteiger partial charge in [-0.15, -0.1) is 0 Å². The highest BCUT2D eigenvalue weighted by Crippen LogP contribution is 2.23. The number of nitrogens with two attached hydrogens (primary N) is 1. The average molecular weight is 289 g/mol. The number of aryl methyl sites for hydroxylation is 2. The van der Waals surface area contributed by atoms with Gasteiger partial charge in [0, 0.05) is 44.4 Å². The van der Waals surface area contributed by atoms with Crippen molar-refractivity contribution in [2.45, 2.75) is 33.2 Å². The van der Waals surface area contributed by atoms with E-state index in [1.807, 2.05) is 33.4 Å². The monoisotopic (exact) mass is 289 g/mol. The third-order valence-electron chi connectivity index (χ3n) is 3.32. The third kappa shape index (κ3) is 3.49. The molecule has 114 valence electrons. The molecular formula is C14H23N7. The summed E-state index contributed by atoms with van der Waals surface area (Å²) in [5.41, 5.74) is 4.75. The molecule has 0 atom stereocenters. The summed E-state index contributed by atoms with van der Waals surface area (Å²) in [7, 11) is 3.92. The minimum absolute atomic E-state index is 0.682. The molecule has 0 saturated heterocycles. The minimum atomic E-state index is 0.682. The highest BCUT2D eigenvalue weighted by Gasteiger charge is 2.14. The summed E-state index contributed by atoms with van der Waals surface area (Å²) in [6, 6.07) is 0. The van der Waals surface area contributed by atoms with Crippen LogP contribution in [-0.4, -0.2) is 26.8 Å².